The molecule has 1 fully saturated rings. The van der Waals surface area contributed by atoms with Crippen molar-refractivity contribution >= 4 is 39.9 Å². The van der Waals surface area contributed by atoms with Crippen LogP contribution in [0.5, 0.6) is 0 Å². The minimum atomic E-state index is -0.753. The number of aliphatic hydroxyl groups is 1. The molecule has 2 aromatic carbocycles. The number of anilines is 1. The first kappa shape index (κ1) is 22.5. The molecule has 2 unspecified atom stereocenters. The van der Waals surface area contributed by atoms with Gasteiger partial charge in [-0.2, -0.15) is 0 Å². The number of amides is 1. The molecule has 2 aliphatic rings. The van der Waals surface area contributed by atoms with Gasteiger partial charge in [0.25, 0.3) is 5.91 Å². The van der Waals surface area contributed by atoms with Gasteiger partial charge in [-0.05, 0) is 54.8 Å². The Morgan fingerprint density at radius 2 is 1.94 bits per heavy atom. The number of furan rings is 1. The van der Waals surface area contributed by atoms with E-state index in [2.05, 4.69) is 0 Å². The van der Waals surface area contributed by atoms with E-state index in [1.807, 2.05) is 43.3 Å². The summed E-state index contributed by atoms with van der Waals surface area (Å²) >= 11 is 6.07. The van der Waals surface area contributed by atoms with Crippen LogP contribution in [-0.2, 0) is 9.53 Å². The van der Waals surface area contributed by atoms with E-state index in [9.17, 15) is 14.7 Å². The lowest BCUT2D eigenvalue weighted by Crippen LogP contribution is -2.37. The molecule has 0 aliphatic carbocycles. The molecule has 2 aliphatic heterocycles. The minimum Gasteiger partial charge on any atom is -0.503 e. The average Bonchev–Trinajstić information content (AvgIpc) is 3.54. The summed E-state index contributed by atoms with van der Waals surface area (Å²) < 4.78 is 11.5. The summed E-state index contributed by atoms with van der Waals surface area (Å²) in [7, 11) is 3.87. The summed E-state index contributed by atoms with van der Waals surface area (Å²) in [5.41, 5.74) is 2.21. The highest BCUT2D eigenvalue weighted by molar-refractivity contribution is 6.31. The third-order valence-electron chi connectivity index (χ3n) is 6.40. The zero-order chi connectivity index (χ0) is 24.0. The Balaban J connectivity index is 1.56. The van der Waals surface area contributed by atoms with Gasteiger partial charge < -0.3 is 24.1 Å². The standard InChI is InChI=1S/C26H25ClN2O5/c1-28(2)18-8-5-15(6-9-18)23-22(25(31)26(32)29(23)14-19-4-3-11-33-19)24(30)21-13-16-12-17(27)7-10-20(16)34-21/h5-10,12-13,19,23,31H,3-4,11,14H2,1-2H3. The Hall–Kier alpha value is -3.29. The van der Waals surface area contributed by atoms with Crippen LogP contribution >= 0.6 is 11.6 Å². The Kier molecular flexibility index (Phi) is 5.83. The smallest absolute Gasteiger partial charge is 0.290 e. The van der Waals surface area contributed by atoms with Crippen molar-refractivity contribution < 1.29 is 23.8 Å². The molecule has 8 heteroatoms. The molecule has 3 aromatic rings. The monoisotopic (exact) mass is 480 g/mol. The van der Waals surface area contributed by atoms with E-state index in [-0.39, 0.29) is 24.0 Å². The number of carbonyl (C=O) groups is 2. The van der Waals surface area contributed by atoms with Crippen LogP contribution in [-0.4, -0.2) is 55.0 Å². The van der Waals surface area contributed by atoms with Crippen LogP contribution in [0.2, 0.25) is 5.02 Å². The van der Waals surface area contributed by atoms with Crippen molar-refractivity contribution in [2.24, 2.45) is 0 Å². The fourth-order valence-corrected chi connectivity index (χ4v) is 4.82. The highest BCUT2D eigenvalue weighted by Gasteiger charge is 2.45. The van der Waals surface area contributed by atoms with E-state index in [0.29, 0.717) is 22.6 Å². The van der Waals surface area contributed by atoms with E-state index in [4.69, 9.17) is 20.8 Å². The molecule has 0 radical (unpaired) electrons. The molecule has 34 heavy (non-hydrogen) atoms. The minimum absolute atomic E-state index is 0.00533. The number of nitrogens with zero attached hydrogens (tertiary/aromatic N) is 2. The van der Waals surface area contributed by atoms with Crippen LogP contribution in [0.3, 0.4) is 0 Å². The van der Waals surface area contributed by atoms with Crippen LogP contribution in [0.15, 0.2) is 64.3 Å². The van der Waals surface area contributed by atoms with Crippen molar-refractivity contribution in [1.29, 1.82) is 0 Å². The fraction of sp³-hybridized carbons (Fsp3) is 0.308. The molecule has 0 saturated carbocycles. The lowest BCUT2D eigenvalue weighted by Gasteiger charge is -2.29. The molecule has 176 valence electrons. The maximum atomic E-state index is 13.6. The lowest BCUT2D eigenvalue weighted by molar-refractivity contribution is -0.131. The summed E-state index contributed by atoms with van der Waals surface area (Å²) in [5.74, 6) is -1.63. The quantitative estimate of drug-likeness (QED) is 0.505. The summed E-state index contributed by atoms with van der Waals surface area (Å²) in [4.78, 5) is 30.3. The average molecular weight is 481 g/mol. The molecule has 1 N–H and O–H groups in total. The third kappa shape index (κ3) is 3.95. The van der Waals surface area contributed by atoms with Gasteiger partial charge in [0.15, 0.2) is 11.5 Å². The number of carbonyl (C=O) groups excluding carboxylic acids is 2. The van der Waals surface area contributed by atoms with Gasteiger partial charge in [0, 0.05) is 43.3 Å². The van der Waals surface area contributed by atoms with Crippen LogP contribution in [0, 0.1) is 0 Å². The molecule has 1 aromatic heterocycles. The Morgan fingerprint density at radius 1 is 1.18 bits per heavy atom. The van der Waals surface area contributed by atoms with Crippen molar-refractivity contribution in [2.45, 2.75) is 25.0 Å². The summed E-state index contributed by atoms with van der Waals surface area (Å²) in [5, 5.41) is 12.1. The van der Waals surface area contributed by atoms with Crippen molar-refractivity contribution in [3.63, 3.8) is 0 Å². The van der Waals surface area contributed by atoms with Crippen LogP contribution < -0.4 is 4.90 Å². The molecule has 1 saturated heterocycles. The number of fused-ring (bicyclic) bond motifs is 1. The van der Waals surface area contributed by atoms with Crippen LogP contribution in [0.4, 0.5) is 5.69 Å². The second kappa shape index (κ2) is 8.81. The number of halogens is 1. The number of rotatable bonds is 6. The SMILES string of the molecule is CN(C)c1ccc(C2C(C(=O)c3cc4cc(Cl)ccc4o3)=C(O)C(=O)N2CC2CCCO2)cc1. The van der Waals surface area contributed by atoms with Crippen molar-refractivity contribution in [3.8, 4) is 0 Å². The van der Waals surface area contributed by atoms with Gasteiger partial charge in [-0.1, -0.05) is 23.7 Å². The molecule has 3 heterocycles. The normalized spacial score (nSPS) is 20.6. The van der Waals surface area contributed by atoms with E-state index in [0.717, 1.165) is 24.1 Å². The number of Topliss-reactive ketones (excluding diaryl/α,β-unsaturated/α-hetero) is 1. The van der Waals surface area contributed by atoms with Gasteiger partial charge in [-0.15, -0.1) is 0 Å². The Labute approximate surface area is 202 Å². The summed E-state index contributed by atoms with van der Waals surface area (Å²) in [6.07, 6.45) is 1.61. The van der Waals surface area contributed by atoms with Gasteiger partial charge >= 0.3 is 0 Å². The first-order valence-electron chi connectivity index (χ1n) is 11.2. The first-order chi connectivity index (χ1) is 16.3. The summed E-state index contributed by atoms with van der Waals surface area (Å²) in [6.45, 7) is 0.928. The van der Waals surface area contributed by atoms with E-state index >= 15 is 0 Å². The predicted octanol–water partition coefficient (Wildman–Crippen LogP) is 4.91. The molecule has 0 spiro atoms. The van der Waals surface area contributed by atoms with Gasteiger partial charge in [0.2, 0.25) is 5.78 Å². The third-order valence-corrected chi connectivity index (χ3v) is 6.64. The second-order valence-electron chi connectivity index (χ2n) is 8.87. The maximum absolute atomic E-state index is 13.6. The van der Waals surface area contributed by atoms with Crippen molar-refractivity contribution in [2.75, 3.05) is 32.1 Å². The van der Waals surface area contributed by atoms with E-state index in [1.54, 1.807) is 24.3 Å². The predicted molar refractivity (Wildman–Crippen MR) is 129 cm³/mol. The Morgan fingerprint density at radius 3 is 2.62 bits per heavy atom. The van der Waals surface area contributed by atoms with Gasteiger partial charge in [0.05, 0.1) is 17.7 Å². The molecular formula is C26H25ClN2O5. The van der Waals surface area contributed by atoms with Crippen molar-refractivity contribution in [1.82, 2.24) is 4.90 Å². The number of benzene rings is 2. The van der Waals surface area contributed by atoms with Crippen molar-refractivity contribution in [3.05, 3.63) is 76.2 Å². The van der Waals surface area contributed by atoms with E-state index in [1.165, 1.54) is 4.90 Å². The first-order valence-corrected chi connectivity index (χ1v) is 11.6. The molecule has 5 rings (SSSR count). The molecule has 7 nitrogen and oxygen atoms in total. The zero-order valence-electron chi connectivity index (χ0n) is 19.0. The number of ether oxygens (including phenoxy) is 1. The number of ketones is 1. The van der Waals surface area contributed by atoms with E-state index < -0.39 is 23.5 Å². The maximum Gasteiger partial charge on any atom is 0.290 e. The highest BCUT2D eigenvalue weighted by atomic mass is 35.5. The van der Waals surface area contributed by atoms with Crippen LogP contribution in [0.25, 0.3) is 11.0 Å². The molecule has 1 amide bonds. The topological polar surface area (TPSA) is 83.2 Å². The highest BCUT2D eigenvalue weighted by Crippen LogP contribution is 2.40. The largest absolute Gasteiger partial charge is 0.503 e. The number of aliphatic hydroxyl groups excluding tert-OH is 1. The van der Waals surface area contributed by atoms with Gasteiger partial charge in [0.1, 0.15) is 5.58 Å². The Bertz CT molecular complexity index is 1290. The lowest BCUT2D eigenvalue weighted by atomic mass is 9.94. The van der Waals surface area contributed by atoms with Crippen LogP contribution in [0.1, 0.15) is 35.0 Å². The van der Waals surface area contributed by atoms with Gasteiger partial charge in [-0.3, -0.25) is 9.59 Å². The fourth-order valence-electron chi connectivity index (χ4n) is 4.64. The van der Waals surface area contributed by atoms with Gasteiger partial charge in [-0.25, -0.2) is 0 Å². The number of hydrogen-bond donors (Lipinski definition) is 1. The number of hydrogen-bond acceptors (Lipinski definition) is 6. The molecule has 2 atom stereocenters. The second-order valence-corrected chi connectivity index (χ2v) is 9.30. The molecule has 0 bridgehead atoms. The molecular weight excluding hydrogens is 456 g/mol. The summed E-state index contributed by atoms with van der Waals surface area (Å²) in [6, 6.07) is 13.5. The zero-order valence-corrected chi connectivity index (χ0v) is 19.7.